The number of aromatic nitrogens is 1. The van der Waals surface area contributed by atoms with Crippen molar-refractivity contribution in [2.45, 2.75) is 6.42 Å². The Bertz CT molecular complexity index is 1030. The molecule has 0 saturated carbocycles. The first-order valence-corrected chi connectivity index (χ1v) is 7.80. The molecule has 0 spiro atoms. The second-order valence-corrected chi connectivity index (χ2v) is 5.83. The maximum absolute atomic E-state index is 12.8. The summed E-state index contributed by atoms with van der Waals surface area (Å²) in [5.41, 5.74) is 2.97. The van der Waals surface area contributed by atoms with Crippen LogP contribution in [0.3, 0.4) is 0 Å². The summed E-state index contributed by atoms with van der Waals surface area (Å²) in [6.45, 7) is 0. The third-order valence-corrected chi connectivity index (χ3v) is 4.36. The average molecular weight is 328 g/mol. The predicted octanol–water partition coefficient (Wildman–Crippen LogP) is 3.45. The van der Waals surface area contributed by atoms with E-state index in [9.17, 15) is 14.9 Å². The van der Waals surface area contributed by atoms with Crippen molar-refractivity contribution in [1.82, 2.24) is 5.16 Å². The van der Waals surface area contributed by atoms with Crippen molar-refractivity contribution in [3.63, 3.8) is 0 Å². The highest BCUT2D eigenvalue weighted by molar-refractivity contribution is 6.18. The summed E-state index contributed by atoms with van der Waals surface area (Å²) in [6, 6.07) is 17.8. The summed E-state index contributed by atoms with van der Waals surface area (Å²) in [4.78, 5) is 25.3. The average Bonchev–Trinajstić information content (AvgIpc) is 3.22. The van der Waals surface area contributed by atoms with Gasteiger partial charge in [0, 0.05) is 23.1 Å². The summed E-state index contributed by atoms with van der Waals surface area (Å²) >= 11 is 0. The SMILES string of the molecule is N#CC(C(=O)c1ccccc1)C(=O)c1noc2c1Cc1ccccc1-2. The Labute approximate surface area is 143 Å². The van der Waals surface area contributed by atoms with Gasteiger partial charge in [-0.25, -0.2) is 0 Å². The van der Waals surface area contributed by atoms with Gasteiger partial charge in [0.05, 0.1) is 6.07 Å². The first-order valence-electron chi connectivity index (χ1n) is 7.80. The molecular formula is C20H12N2O3. The molecular weight excluding hydrogens is 316 g/mol. The van der Waals surface area contributed by atoms with Gasteiger partial charge in [-0.1, -0.05) is 59.8 Å². The van der Waals surface area contributed by atoms with E-state index in [4.69, 9.17) is 4.52 Å². The van der Waals surface area contributed by atoms with E-state index in [-0.39, 0.29) is 5.69 Å². The van der Waals surface area contributed by atoms with Gasteiger partial charge in [0.15, 0.2) is 23.2 Å². The zero-order chi connectivity index (χ0) is 17.4. The van der Waals surface area contributed by atoms with Crippen LogP contribution >= 0.6 is 0 Å². The Morgan fingerprint density at radius 3 is 2.52 bits per heavy atom. The fraction of sp³-hybridized carbons (Fsp3) is 0.100. The van der Waals surface area contributed by atoms with Crippen LogP contribution in [-0.2, 0) is 6.42 Å². The molecule has 4 rings (SSSR count). The molecule has 1 unspecified atom stereocenters. The predicted molar refractivity (Wildman–Crippen MR) is 89.0 cm³/mol. The Morgan fingerprint density at radius 1 is 1.04 bits per heavy atom. The van der Waals surface area contributed by atoms with Gasteiger partial charge in [0.1, 0.15) is 0 Å². The number of carbonyl (C=O) groups excluding carboxylic acids is 2. The van der Waals surface area contributed by atoms with Crippen molar-refractivity contribution in [3.8, 4) is 17.4 Å². The van der Waals surface area contributed by atoms with Crippen LogP contribution in [0.4, 0.5) is 0 Å². The Balaban J connectivity index is 1.69. The van der Waals surface area contributed by atoms with Crippen molar-refractivity contribution in [2.24, 2.45) is 5.92 Å². The molecule has 0 fully saturated rings. The fourth-order valence-electron chi connectivity index (χ4n) is 3.11. The lowest BCUT2D eigenvalue weighted by Gasteiger charge is -2.06. The summed E-state index contributed by atoms with van der Waals surface area (Å²) in [6.07, 6.45) is 0.508. The van der Waals surface area contributed by atoms with E-state index in [2.05, 4.69) is 5.16 Å². The highest BCUT2D eigenvalue weighted by Crippen LogP contribution is 2.38. The number of hydrogen-bond donors (Lipinski definition) is 0. The maximum Gasteiger partial charge on any atom is 0.210 e. The number of carbonyl (C=O) groups is 2. The van der Waals surface area contributed by atoms with Crippen LogP contribution in [0.15, 0.2) is 59.1 Å². The van der Waals surface area contributed by atoms with Gasteiger partial charge >= 0.3 is 0 Å². The van der Waals surface area contributed by atoms with E-state index in [0.717, 1.165) is 11.1 Å². The van der Waals surface area contributed by atoms with Gasteiger partial charge in [0.2, 0.25) is 5.78 Å². The minimum Gasteiger partial charge on any atom is -0.355 e. The summed E-state index contributed by atoms with van der Waals surface area (Å²) in [5, 5.41) is 13.3. The van der Waals surface area contributed by atoms with Crippen LogP contribution in [-0.4, -0.2) is 16.7 Å². The number of benzene rings is 2. The van der Waals surface area contributed by atoms with Crippen LogP contribution < -0.4 is 0 Å². The quantitative estimate of drug-likeness (QED) is 0.423. The molecule has 2 aromatic carbocycles. The van der Waals surface area contributed by atoms with E-state index < -0.39 is 17.5 Å². The molecule has 0 N–H and O–H groups in total. The molecule has 0 aliphatic heterocycles. The zero-order valence-corrected chi connectivity index (χ0v) is 13.1. The summed E-state index contributed by atoms with van der Waals surface area (Å²) < 4.78 is 5.34. The number of hydrogen-bond acceptors (Lipinski definition) is 5. The molecule has 3 aromatic rings. The Morgan fingerprint density at radius 2 is 1.76 bits per heavy atom. The molecule has 1 aromatic heterocycles. The van der Waals surface area contributed by atoms with Crippen LogP contribution in [0.2, 0.25) is 0 Å². The molecule has 0 saturated heterocycles. The van der Waals surface area contributed by atoms with Gasteiger partial charge in [-0.2, -0.15) is 5.26 Å². The van der Waals surface area contributed by atoms with Gasteiger partial charge in [-0.3, -0.25) is 9.59 Å². The third kappa shape index (κ3) is 2.36. The van der Waals surface area contributed by atoms with E-state index in [1.54, 1.807) is 30.3 Å². The monoisotopic (exact) mass is 328 g/mol. The van der Waals surface area contributed by atoms with E-state index in [1.165, 1.54) is 0 Å². The number of Topliss-reactive ketones (excluding diaryl/α,β-unsaturated/α-hetero) is 2. The molecule has 1 heterocycles. The van der Waals surface area contributed by atoms with Gasteiger partial charge < -0.3 is 4.52 Å². The standard InChI is InChI=1S/C20H12N2O3/c21-11-16(18(23)12-6-2-1-3-7-12)19(24)17-15-10-13-8-4-5-9-14(13)20(15)25-22-17/h1-9,16H,10H2. The van der Waals surface area contributed by atoms with E-state index in [1.807, 2.05) is 30.3 Å². The Kier molecular flexibility index (Phi) is 3.51. The minimum atomic E-state index is -1.43. The second kappa shape index (κ2) is 5.84. The molecule has 5 nitrogen and oxygen atoms in total. The smallest absolute Gasteiger partial charge is 0.210 e. The van der Waals surface area contributed by atoms with Crippen LogP contribution in [0.5, 0.6) is 0 Å². The number of rotatable bonds is 4. The highest BCUT2D eigenvalue weighted by atomic mass is 16.5. The zero-order valence-electron chi connectivity index (χ0n) is 13.1. The van der Waals surface area contributed by atoms with E-state index in [0.29, 0.717) is 23.3 Å². The minimum absolute atomic E-state index is 0.0713. The molecule has 120 valence electrons. The van der Waals surface area contributed by atoms with Crippen LogP contribution in [0.1, 0.15) is 32.0 Å². The lowest BCUT2D eigenvalue weighted by atomic mass is 9.92. The van der Waals surface area contributed by atoms with Crippen molar-refractivity contribution < 1.29 is 14.1 Å². The normalized spacial score (nSPS) is 12.8. The first kappa shape index (κ1) is 15.0. The first-order chi connectivity index (χ1) is 12.2. The molecule has 0 amide bonds. The molecule has 5 heteroatoms. The second-order valence-electron chi connectivity index (χ2n) is 5.83. The van der Waals surface area contributed by atoms with Gasteiger partial charge in [-0.05, 0) is 5.56 Å². The van der Waals surface area contributed by atoms with Crippen molar-refractivity contribution in [2.75, 3.05) is 0 Å². The molecule has 25 heavy (non-hydrogen) atoms. The maximum atomic E-state index is 12.8. The van der Waals surface area contributed by atoms with E-state index >= 15 is 0 Å². The molecule has 0 bridgehead atoms. The number of nitriles is 1. The fourth-order valence-corrected chi connectivity index (χ4v) is 3.11. The molecule has 1 aliphatic carbocycles. The van der Waals surface area contributed by atoms with Gasteiger partial charge in [-0.15, -0.1) is 0 Å². The lowest BCUT2D eigenvalue weighted by Crippen LogP contribution is -2.24. The third-order valence-electron chi connectivity index (χ3n) is 4.36. The number of nitrogens with zero attached hydrogens (tertiary/aromatic N) is 2. The topological polar surface area (TPSA) is 84.0 Å². The largest absolute Gasteiger partial charge is 0.355 e. The Hall–Kier alpha value is -3.52. The number of fused-ring (bicyclic) bond motifs is 3. The van der Waals surface area contributed by atoms with Crippen LogP contribution in [0.25, 0.3) is 11.3 Å². The van der Waals surface area contributed by atoms with Crippen molar-refractivity contribution in [3.05, 3.63) is 77.0 Å². The van der Waals surface area contributed by atoms with Crippen molar-refractivity contribution in [1.29, 1.82) is 5.26 Å². The van der Waals surface area contributed by atoms with Gasteiger partial charge in [0.25, 0.3) is 0 Å². The molecule has 1 aliphatic rings. The lowest BCUT2D eigenvalue weighted by molar-refractivity contribution is 0.0840. The number of ketones is 2. The summed E-state index contributed by atoms with van der Waals surface area (Å²) in [7, 11) is 0. The van der Waals surface area contributed by atoms with Crippen LogP contribution in [0, 0.1) is 17.2 Å². The molecule has 0 radical (unpaired) electrons. The molecule has 1 atom stereocenters. The van der Waals surface area contributed by atoms with Crippen molar-refractivity contribution >= 4 is 11.6 Å². The highest BCUT2D eigenvalue weighted by Gasteiger charge is 2.36. The summed E-state index contributed by atoms with van der Waals surface area (Å²) in [5.74, 6) is -2.03.